The van der Waals surface area contributed by atoms with Crippen LogP contribution in [0.1, 0.15) is 29.7 Å². The molecule has 17 heavy (non-hydrogen) atoms. The van der Waals surface area contributed by atoms with E-state index in [1.54, 1.807) is 0 Å². The lowest BCUT2D eigenvalue weighted by molar-refractivity contribution is 0.0561. The molecule has 0 N–H and O–H groups in total. The van der Waals surface area contributed by atoms with Crippen molar-refractivity contribution in [2.24, 2.45) is 0 Å². The highest BCUT2D eigenvalue weighted by atomic mass is 79.9. The molecule has 2 heterocycles. The Labute approximate surface area is 110 Å². The van der Waals surface area contributed by atoms with Gasteiger partial charge in [-0.05, 0) is 22.4 Å². The third-order valence-corrected chi connectivity index (χ3v) is 3.85. The lowest BCUT2D eigenvalue weighted by Gasteiger charge is -1.95. The zero-order valence-electron chi connectivity index (χ0n) is 9.03. The first-order chi connectivity index (χ1) is 8.10. The van der Waals surface area contributed by atoms with Crippen molar-refractivity contribution in [2.45, 2.75) is 26.3 Å². The van der Waals surface area contributed by atoms with Crippen LogP contribution >= 0.6 is 27.3 Å². The van der Waals surface area contributed by atoms with Crippen molar-refractivity contribution in [3.8, 4) is 0 Å². The maximum atomic E-state index is 12.5. The van der Waals surface area contributed by atoms with Gasteiger partial charge in [-0.3, -0.25) is 0 Å². The van der Waals surface area contributed by atoms with Gasteiger partial charge in [0.2, 0.25) is 0 Å². The summed E-state index contributed by atoms with van der Waals surface area (Å²) < 4.78 is 26.5. The van der Waals surface area contributed by atoms with Crippen molar-refractivity contribution in [1.82, 2.24) is 14.8 Å². The van der Waals surface area contributed by atoms with Crippen LogP contribution in [-0.4, -0.2) is 14.8 Å². The first-order valence-corrected chi connectivity index (χ1v) is 6.72. The number of hydrogen-bond donors (Lipinski definition) is 0. The Hall–Kier alpha value is -0.820. The molecule has 0 spiro atoms. The van der Waals surface area contributed by atoms with Gasteiger partial charge in [0.05, 0.1) is 10.7 Å². The summed E-state index contributed by atoms with van der Waals surface area (Å²) in [7, 11) is 0. The maximum Gasteiger partial charge on any atom is 0.333 e. The van der Waals surface area contributed by atoms with Crippen LogP contribution in [0.4, 0.5) is 8.78 Å². The van der Waals surface area contributed by atoms with Gasteiger partial charge in [-0.15, -0.1) is 11.3 Å². The Kier molecular flexibility index (Phi) is 3.88. The monoisotopic (exact) mass is 321 g/mol. The van der Waals surface area contributed by atoms with Crippen LogP contribution in [0.3, 0.4) is 0 Å². The molecule has 0 atom stereocenters. The fourth-order valence-corrected chi connectivity index (χ4v) is 2.83. The molecule has 0 aliphatic rings. The molecule has 2 rings (SSSR count). The second-order valence-corrected chi connectivity index (χ2v) is 5.21. The average Bonchev–Trinajstić information content (AvgIpc) is 2.85. The summed E-state index contributed by atoms with van der Waals surface area (Å²) in [6.07, 6.45) is 2.59. The third kappa shape index (κ3) is 2.90. The molecular weight excluding hydrogens is 312 g/mol. The van der Waals surface area contributed by atoms with Crippen LogP contribution < -0.4 is 0 Å². The van der Waals surface area contributed by atoms with E-state index in [-0.39, 0.29) is 0 Å². The smallest absolute Gasteiger partial charge is 0.234 e. The number of hydrogen-bond acceptors (Lipinski definition) is 3. The number of rotatable bonds is 4. The summed E-state index contributed by atoms with van der Waals surface area (Å²) in [5.74, 6) is 0. The molecule has 0 aromatic carbocycles. The summed E-state index contributed by atoms with van der Waals surface area (Å²) in [5, 5.41) is 6.63. The largest absolute Gasteiger partial charge is 0.333 e. The van der Waals surface area contributed by atoms with Gasteiger partial charge in [-0.25, -0.2) is 9.67 Å². The van der Waals surface area contributed by atoms with Gasteiger partial charge < -0.3 is 0 Å². The molecular formula is C10H10BrF2N3S. The van der Waals surface area contributed by atoms with Gasteiger partial charge in [0.15, 0.2) is 0 Å². The Balaban J connectivity index is 2.25. The van der Waals surface area contributed by atoms with Crippen LogP contribution in [0.2, 0.25) is 0 Å². The van der Waals surface area contributed by atoms with Crippen molar-refractivity contribution in [2.75, 3.05) is 0 Å². The quantitative estimate of drug-likeness (QED) is 0.860. The standard InChI is InChI=1S/C10H10BrF2N3S/c1-2-7-6(4-16(15-7)10(12)13)3-9-14-8(11)5-17-9/h4-5,10H,2-3H2,1H3. The molecule has 2 aromatic rings. The van der Waals surface area contributed by atoms with Crippen LogP contribution in [0.25, 0.3) is 0 Å². The van der Waals surface area contributed by atoms with Gasteiger partial charge in [0.1, 0.15) is 4.60 Å². The minimum Gasteiger partial charge on any atom is -0.234 e. The van der Waals surface area contributed by atoms with Gasteiger partial charge in [0, 0.05) is 23.6 Å². The normalized spacial score (nSPS) is 11.4. The molecule has 7 heteroatoms. The Bertz CT molecular complexity index is 509. The van der Waals surface area contributed by atoms with E-state index < -0.39 is 6.55 Å². The number of nitrogens with zero attached hydrogens (tertiary/aromatic N) is 3. The molecule has 0 bridgehead atoms. The molecule has 0 fully saturated rings. The first-order valence-electron chi connectivity index (χ1n) is 5.05. The number of aromatic nitrogens is 3. The fourth-order valence-electron chi connectivity index (χ4n) is 1.54. The van der Waals surface area contributed by atoms with Crippen molar-refractivity contribution in [3.05, 3.63) is 32.4 Å². The number of halogens is 3. The molecule has 0 radical (unpaired) electrons. The predicted molar refractivity (Wildman–Crippen MR) is 65.5 cm³/mol. The number of thiazole rings is 1. The van der Waals surface area contributed by atoms with E-state index in [0.717, 1.165) is 15.2 Å². The maximum absolute atomic E-state index is 12.5. The van der Waals surface area contributed by atoms with Gasteiger partial charge in [-0.1, -0.05) is 6.92 Å². The molecule has 0 saturated heterocycles. The van der Waals surface area contributed by atoms with E-state index in [2.05, 4.69) is 26.0 Å². The van der Waals surface area contributed by atoms with Crippen LogP contribution in [-0.2, 0) is 12.8 Å². The van der Waals surface area contributed by atoms with E-state index >= 15 is 0 Å². The Morgan fingerprint density at radius 1 is 1.53 bits per heavy atom. The molecule has 92 valence electrons. The number of alkyl halides is 2. The zero-order chi connectivity index (χ0) is 12.4. The van der Waals surface area contributed by atoms with Crippen molar-refractivity contribution in [3.63, 3.8) is 0 Å². The predicted octanol–water partition coefficient (Wildman–Crippen LogP) is 3.65. The Morgan fingerprint density at radius 3 is 2.82 bits per heavy atom. The van der Waals surface area contributed by atoms with E-state index in [1.807, 2.05) is 12.3 Å². The highest BCUT2D eigenvalue weighted by Crippen LogP contribution is 2.21. The molecule has 0 unspecified atom stereocenters. The molecule has 2 aromatic heterocycles. The topological polar surface area (TPSA) is 30.7 Å². The molecule has 0 amide bonds. The average molecular weight is 322 g/mol. The van der Waals surface area contributed by atoms with Crippen molar-refractivity contribution in [1.29, 1.82) is 0 Å². The minimum atomic E-state index is -2.59. The fraction of sp³-hybridized carbons (Fsp3) is 0.400. The van der Waals surface area contributed by atoms with E-state index in [1.165, 1.54) is 17.5 Å². The van der Waals surface area contributed by atoms with Crippen LogP contribution in [0.5, 0.6) is 0 Å². The van der Waals surface area contributed by atoms with Crippen LogP contribution in [0.15, 0.2) is 16.2 Å². The highest BCUT2D eigenvalue weighted by molar-refractivity contribution is 9.10. The van der Waals surface area contributed by atoms with Crippen molar-refractivity contribution >= 4 is 27.3 Å². The molecule has 0 aliphatic carbocycles. The highest BCUT2D eigenvalue weighted by Gasteiger charge is 2.14. The Morgan fingerprint density at radius 2 is 2.29 bits per heavy atom. The lowest BCUT2D eigenvalue weighted by atomic mass is 10.1. The minimum absolute atomic E-state index is 0.548. The van der Waals surface area contributed by atoms with E-state index in [0.29, 0.717) is 23.2 Å². The zero-order valence-corrected chi connectivity index (χ0v) is 11.4. The van der Waals surface area contributed by atoms with E-state index in [4.69, 9.17) is 0 Å². The summed E-state index contributed by atoms with van der Waals surface area (Å²) in [5.41, 5.74) is 1.52. The molecule has 0 saturated carbocycles. The lowest BCUT2D eigenvalue weighted by Crippen LogP contribution is -1.98. The second-order valence-electron chi connectivity index (χ2n) is 3.45. The van der Waals surface area contributed by atoms with Gasteiger partial charge in [0.25, 0.3) is 0 Å². The second kappa shape index (κ2) is 5.22. The van der Waals surface area contributed by atoms with Gasteiger partial charge in [-0.2, -0.15) is 13.9 Å². The van der Waals surface area contributed by atoms with Crippen molar-refractivity contribution < 1.29 is 8.78 Å². The number of aryl methyl sites for hydroxylation is 1. The summed E-state index contributed by atoms with van der Waals surface area (Å²) in [6.45, 7) is -0.684. The summed E-state index contributed by atoms with van der Waals surface area (Å²) >= 11 is 4.77. The van der Waals surface area contributed by atoms with Gasteiger partial charge >= 0.3 is 6.55 Å². The third-order valence-electron chi connectivity index (χ3n) is 2.30. The van der Waals surface area contributed by atoms with Crippen LogP contribution in [0, 0.1) is 0 Å². The summed E-state index contributed by atoms with van der Waals surface area (Å²) in [6, 6.07) is 0. The molecule has 3 nitrogen and oxygen atoms in total. The molecule has 0 aliphatic heterocycles. The summed E-state index contributed by atoms with van der Waals surface area (Å²) in [4.78, 5) is 4.25. The SMILES string of the molecule is CCc1nn(C(F)F)cc1Cc1nc(Br)cs1. The van der Waals surface area contributed by atoms with E-state index in [9.17, 15) is 8.78 Å². The first kappa shape index (κ1) is 12.6.